The largest absolute Gasteiger partial charge is 0.379 e. The number of hydrogen-bond donors (Lipinski definition) is 3. The van der Waals surface area contributed by atoms with Crippen LogP contribution in [0.5, 0.6) is 0 Å². The van der Waals surface area contributed by atoms with Gasteiger partial charge in [-0.15, -0.1) is 0 Å². The fourth-order valence-electron chi connectivity index (χ4n) is 4.86. The molecule has 1 aromatic heterocycles. The first-order valence-electron chi connectivity index (χ1n) is 11.7. The van der Waals surface area contributed by atoms with Crippen LogP contribution >= 0.6 is 0 Å². The number of fused-ring (bicyclic) bond motifs is 2. The first-order chi connectivity index (χ1) is 16.4. The number of ether oxygens (including phenoxy) is 1. The second kappa shape index (κ2) is 9.08. The quantitative estimate of drug-likeness (QED) is 0.589. The fraction of sp³-hybridized carbons (Fsp3) is 0.400. The number of H-pyrrole nitrogens is 1. The topological polar surface area (TPSA) is 107 Å². The van der Waals surface area contributed by atoms with Crippen LogP contribution in [-0.2, 0) is 20.7 Å². The number of carbonyl (C=O) groups excluding carboxylic acids is 3. The molecule has 0 aliphatic carbocycles. The van der Waals surface area contributed by atoms with Crippen LogP contribution in [0.2, 0.25) is 0 Å². The Morgan fingerprint density at radius 1 is 1.18 bits per heavy atom. The standard InChI is InChI=1S/C25H29N5O4/c1-15-22(14-19-18-13-17(26-16(2)31)3-4-20(18)28-24(19)32)27-21-5-6-30(25(33)23(15)21)8-7-29-9-11-34-12-10-29/h3-4,13-14,27H,5-12H2,1-2H3,(H,26,31)(H,28,32). The highest BCUT2D eigenvalue weighted by molar-refractivity contribution is 6.35. The second-order valence-corrected chi connectivity index (χ2v) is 8.97. The van der Waals surface area contributed by atoms with Crippen LogP contribution in [0.1, 0.15) is 39.8 Å². The van der Waals surface area contributed by atoms with E-state index in [-0.39, 0.29) is 17.7 Å². The third-order valence-corrected chi connectivity index (χ3v) is 6.70. The van der Waals surface area contributed by atoms with Gasteiger partial charge in [-0.3, -0.25) is 19.3 Å². The molecule has 1 fully saturated rings. The van der Waals surface area contributed by atoms with Crippen molar-refractivity contribution in [2.45, 2.75) is 20.3 Å². The van der Waals surface area contributed by atoms with Crippen LogP contribution in [0, 0.1) is 6.92 Å². The van der Waals surface area contributed by atoms with E-state index in [0.717, 1.165) is 61.8 Å². The van der Waals surface area contributed by atoms with E-state index in [0.29, 0.717) is 35.6 Å². The molecule has 178 valence electrons. The molecule has 0 saturated carbocycles. The Hall–Kier alpha value is -3.43. The van der Waals surface area contributed by atoms with Gasteiger partial charge in [0.1, 0.15) is 0 Å². The summed E-state index contributed by atoms with van der Waals surface area (Å²) < 4.78 is 5.41. The van der Waals surface area contributed by atoms with Crippen molar-refractivity contribution in [1.29, 1.82) is 0 Å². The summed E-state index contributed by atoms with van der Waals surface area (Å²) in [6.07, 6.45) is 2.56. The lowest BCUT2D eigenvalue weighted by atomic mass is 10.0. The van der Waals surface area contributed by atoms with Crippen molar-refractivity contribution >= 4 is 40.7 Å². The fourth-order valence-corrected chi connectivity index (χ4v) is 4.86. The van der Waals surface area contributed by atoms with Gasteiger partial charge in [0.05, 0.1) is 24.4 Å². The third-order valence-electron chi connectivity index (χ3n) is 6.70. The minimum Gasteiger partial charge on any atom is -0.379 e. The molecule has 9 heteroatoms. The zero-order chi connectivity index (χ0) is 23.8. The lowest BCUT2D eigenvalue weighted by Gasteiger charge is -2.32. The summed E-state index contributed by atoms with van der Waals surface area (Å²) in [5.74, 6) is -0.343. The van der Waals surface area contributed by atoms with Crippen LogP contribution < -0.4 is 10.6 Å². The van der Waals surface area contributed by atoms with Crippen LogP contribution in [0.4, 0.5) is 11.4 Å². The molecule has 1 aromatic carbocycles. The van der Waals surface area contributed by atoms with Gasteiger partial charge in [0.2, 0.25) is 5.91 Å². The van der Waals surface area contributed by atoms with Crippen molar-refractivity contribution in [1.82, 2.24) is 14.8 Å². The number of anilines is 2. The predicted molar refractivity (Wildman–Crippen MR) is 130 cm³/mol. The van der Waals surface area contributed by atoms with E-state index in [1.54, 1.807) is 24.3 Å². The molecule has 2 aromatic rings. The highest BCUT2D eigenvalue weighted by Crippen LogP contribution is 2.36. The Morgan fingerprint density at radius 3 is 2.74 bits per heavy atom. The first-order valence-corrected chi connectivity index (χ1v) is 11.7. The van der Waals surface area contributed by atoms with Gasteiger partial charge in [-0.1, -0.05) is 0 Å². The summed E-state index contributed by atoms with van der Waals surface area (Å²) >= 11 is 0. The predicted octanol–water partition coefficient (Wildman–Crippen LogP) is 2.10. The normalized spacial score (nSPS) is 19.2. The van der Waals surface area contributed by atoms with Crippen molar-refractivity contribution in [2.24, 2.45) is 0 Å². The minimum absolute atomic E-state index is 0.0390. The zero-order valence-electron chi connectivity index (χ0n) is 19.5. The molecule has 0 radical (unpaired) electrons. The highest BCUT2D eigenvalue weighted by atomic mass is 16.5. The molecular formula is C25H29N5O4. The Kier molecular flexibility index (Phi) is 5.97. The van der Waals surface area contributed by atoms with Gasteiger partial charge in [-0.25, -0.2) is 0 Å². The molecule has 0 unspecified atom stereocenters. The number of hydrogen-bond acceptors (Lipinski definition) is 5. The Bertz CT molecular complexity index is 1190. The lowest BCUT2D eigenvalue weighted by molar-refractivity contribution is -0.114. The van der Waals surface area contributed by atoms with E-state index < -0.39 is 0 Å². The summed E-state index contributed by atoms with van der Waals surface area (Å²) in [4.78, 5) is 45.1. The van der Waals surface area contributed by atoms with Crippen LogP contribution in [0.3, 0.4) is 0 Å². The van der Waals surface area contributed by atoms with Crippen molar-refractivity contribution in [2.75, 3.05) is 56.6 Å². The van der Waals surface area contributed by atoms with E-state index in [4.69, 9.17) is 4.74 Å². The summed E-state index contributed by atoms with van der Waals surface area (Å²) in [7, 11) is 0. The number of amides is 3. The van der Waals surface area contributed by atoms with E-state index in [1.165, 1.54) is 6.92 Å². The number of carbonyl (C=O) groups is 3. The van der Waals surface area contributed by atoms with E-state index >= 15 is 0 Å². The molecule has 1 saturated heterocycles. The zero-order valence-corrected chi connectivity index (χ0v) is 19.5. The summed E-state index contributed by atoms with van der Waals surface area (Å²) in [5.41, 5.74) is 5.79. The maximum Gasteiger partial charge on any atom is 0.256 e. The lowest BCUT2D eigenvalue weighted by Crippen LogP contribution is -2.45. The molecule has 9 nitrogen and oxygen atoms in total. The maximum absolute atomic E-state index is 13.3. The molecule has 3 N–H and O–H groups in total. The monoisotopic (exact) mass is 463 g/mol. The van der Waals surface area contributed by atoms with Gasteiger partial charge >= 0.3 is 0 Å². The number of nitrogens with one attached hydrogen (secondary N) is 3. The van der Waals surface area contributed by atoms with Crippen molar-refractivity contribution in [3.05, 3.63) is 46.3 Å². The molecular weight excluding hydrogens is 434 g/mol. The highest BCUT2D eigenvalue weighted by Gasteiger charge is 2.31. The summed E-state index contributed by atoms with van der Waals surface area (Å²) in [6, 6.07) is 5.32. The van der Waals surface area contributed by atoms with Crippen molar-refractivity contribution in [3.63, 3.8) is 0 Å². The molecule has 5 rings (SSSR count). The van der Waals surface area contributed by atoms with Crippen LogP contribution in [0.15, 0.2) is 18.2 Å². The molecule has 34 heavy (non-hydrogen) atoms. The van der Waals surface area contributed by atoms with E-state index in [9.17, 15) is 14.4 Å². The molecule has 3 amide bonds. The molecule has 3 aliphatic heterocycles. The van der Waals surface area contributed by atoms with Crippen LogP contribution in [0.25, 0.3) is 11.6 Å². The van der Waals surface area contributed by atoms with Crippen LogP contribution in [-0.4, -0.2) is 78.4 Å². The van der Waals surface area contributed by atoms with Gasteiger partial charge in [0.25, 0.3) is 11.8 Å². The van der Waals surface area contributed by atoms with E-state index in [1.807, 2.05) is 11.8 Å². The number of nitrogens with zero attached hydrogens (tertiary/aromatic N) is 2. The minimum atomic E-state index is -0.208. The number of benzene rings is 1. The molecule has 3 aliphatic rings. The molecule has 4 heterocycles. The number of rotatable bonds is 5. The molecule has 0 atom stereocenters. The average Bonchev–Trinajstić information content (AvgIpc) is 3.30. The SMILES string of the molecule is CC(=O)Nc1ccc2c(c1)C(=Cc1[nH]c3c(c1C)C(=O)N(CCN1CCOCC1)CC3)C(=O)N2. The molecule has 0 spiro atoms. The van der Waals surface area contributed by atoms with E-state index in [2.05, 4.69) is 20.5 Å². The average molecular weight is 464 g/mol. The smallest absolute Gasteiger partial charge is 0.256 e. The summed E-state index contributed by atoms with van der Waals surface area (Å²) in [6.45, 7) is 8.89. The van der Waals surface area contributed by atoms with Crippen molar-refractivity contribution in [3.8, 4) is 0 Å². The summed E-state index contributed by atoms with van der Waals surface area (Å²) in [5, 5.41) is 5.63. The maximum atomic E-state index is 13.3. The van der Waals surface area contributed by atoms with Gasteiger partial charge in [-0.05, 0) is 36.8 Å². The van der Waals surface area contributed by atoms with Gasteiger partial charge < -0.3 is 25.3 Å². The number of morpholine rings is 1. The first kappa shape index (κ1) is 22.4. The molecule has 0 bridgehead atoms. The van der Waals surface area contributed by atoms with Crippen molar-refractivity contribution < 1.29 is 19.1 Å². The van der Waals surface area contributed by atoms with Gasteiger partial charge in [0, 0.05) is 74.4 Å². The Balaban J connectivity index is 1.39. The Labute approximate surface area is 198 Å². The number of aromatic amines is 1. The van der Waals surface area contributed by atoms with Gasteiger partial charge in [-0.2, -0.15) is 0 Å². The number of aromatic nitrogens is 1. The van der Waals surface area contributed by atoms with Gasteiger partial charge in [0.15, 0.2) is 0 Å². The second-order valence-electron chi connectivity index (χ2n) is 8.97. The third kappa shape index (κ3) is 4.24. The Morgan fingerprint density at radius 2 is 1.97 bits per heavy atom.